The average Bonchev–Trinajstić information content (AvgIpc) is 3.21. The van der Waals surface area contributed by atoms with Crippen LogP contribution in [0.2, 0.25) is 0 Å². The third kappa shape index (κ3) is 5.07. The van der Waals surface area contributed by atoms with E-state index in [0.717, 1.165) is 15.7 Å². The quantitative estimate of drug-likeness (QED) is 0.246. The summed E-state index contributed by atoms with van der Waals surface area (Å²) in [6.07, 6.45) is 1.60. The fourth-order valence-electron chi connectivity index (χ4n) is 2.53. The molecule has 1 aromatic heterocycles. The first-order chi connectivity index (χ1) is 14.2. The zero-order valence-corrected chi connectivity index (χ0v) is 17.5. The van der Waals surface area contributed by atoms with Crippen LogP contribution >= 0.6 is 27.3 Å². The number of nitrogens with zero attached hydrogens (tertiary/aromatic N) is 2. The van der Waals surface area contributed by atoms with Crippen LogP contribution < -0.4 is 10.2 Å². The Morgan fingerprint density at radius 3 is 2.62 bits per heavy atom. The lowest BCUT2D eigenvalue weighted by molar-refractivity contribution is 0.442. The minimum Gasteiger partial charge on any atom is -0.454 e. The van der Waals surface area contributed by atoms with Crippen molar-refractivity contribution < 1.29 is 9.13 Å². The van der Waals surface area contributed by atoms with E-state index in [1.807, 2.05) is 47.8 Å². The number of aromatic nitrogens is 1. The normalized spacial score (nSPS) is 11.0. The second kappa shape index (κ2) is 8.98. The van der Waals surface area contributed by atoms with Gasteiger partial charge in [0, 0.05) is 15.4 Å². The number of thiazole rings is 1. The van der Waals surface area contributed by atoms with Gasteiger partial charge in [-0.3, -0.25) is 5.43 Å². The summed E-state index contributed by atoms with van der Waals surface area (Å²) in [7, 11) is 0. The molecule has 0 saturated heterocycles. The third-order valence-corrected chi connectivity index (χ3v) is 5.22. The number of nitrogens with one attached hydrogen (secondary N) is 1. The molecule has 4 nitrogen and oxygen atoms in total. The maximum Gasteiger partial charge on any atom is 0.203 e. The maximum atomic E-state index is 14.0. The van der Waals surface area contributed by atoms with Crippen LogP contribution in [-0.2, 0) is 0 Å². The number of hydrazone groups is 1. The van der Waals surface area contributed by atoms with Crippen LogP contribution in [0, 0.1) is 5.82 Å². The van der Waals surface area contributed by atoms with Gasteiger partial charge in [0.25, 0.3) is 0 Å². The molecular weight excluding hydrogens is 453 g/mol. The lowest BCUT2D eigenvalue weighted by Crippen LogP contribution is -1.93. The predicted molar refractivity (Wildman–Crippen MR) is 119 cm³/mol. The van der Waals surface area contributed by atoms with E-state index >= 15 is 0 Å². The van der Waals surface area contributed by atoms with Crippen LogP contribution in [0.1, 0.15) is 5.56 Å². The highest BCUT2D eigenvalue weighted by Gasteiger charge is 2.06. The van der Waals surface area contributed by atoms with E-state index in [1.165, 1.54) is 17.4 Å². The Balaban J connectivity index is 1.43. The van der Waals surface area contributed by atoms with Crippen molar-refractivity contribution >= 4 is 38.6 Å². The number of anilines is 1. The molecule has 0 spiro atoms. The molecule has 0 saturated carbocycles. The lowest BCUT2D eigenvalue weighted by atomic mass is 10.2. The van der Waals surface area contributed by atoms with Crippen molar-refractivity contribution in [2.45, 2.75) is 0 Å². The highest BCUT2D eigenvalue weighted by molar-refractivity contribution is 9.10. The van der Waals surface area contributed by atoms with Crippen molar-refractivity contribution in [3.63, 3.8) is 0 Å². The standard InChI is InChI=1S/C22H15BrFN3OS/c23-17-9-7-16(8-10-17)20-14-29-22(26-20)27-25-13-15-6-11-19(24)21(12-15)28-18-4-2-1-3-5-18/h1-14H,(H,26,27)/b25-13-. The van der Waals surface area contributed by atoms with E-state index in [0.29, 0.717) is 16.4 Å². The smallest absolute Gasteiger partial charge is 0.203 e. The zero-order valence-electron chi connectivity index (χ0n) is 15.0. The molecule has 0 radical (unpaired) electrons. The van der Waals surface area contributed by atoms with Crippen LogP contribution in [-0.4, -0.2) is 11.2 Å². The first-order valence-electron chi connectivity index (χ1n) is 8.70. The van der Waals surface area contributed by atoms with Gasteiger partial charge < -0.3 is 4.74 Å². The topological polar surface area (TPSA) is 46.5 Å². The molecule has 0 aliphatic carbocycles. The molecule has 0 aliphatic heterocycles. The summed E-state index contributed by atoms with van der Waals surface area (Å²) in [5.74, 6) is 0.284. The van der Waals surface area contributed by atoms with Crippen molar-refractivity contribution in [3.05, 3.63) is 94.0 Å². The summed E-state index contributed by atoms with van der Waals surface area (Å²) in [5, 5.41) is 6.83. The molecule has 0 aliphatic rings. The largest absolute Gasteiger partial charge is 0.454 e. The van der Waals surface area contributed by atoms with E-state index < -0.39 is 5.82 Å². The van der Waals surface area contributed by atoms with E-state index in [-0.39, 0.29) is 5.75 Å². The van der Waals surface area contributed by atoms with Crippen LogP contribution in [0.15, 0.2) is 87.8 Å². The van der Waals surface area contributed by atoms with Crippen LogP contribution in [0.3, 0.4) is 0 Å². The van der Waals surface area contributed by atoms with Crippen molar-refractivity contribution in [2.24, 2.45) is 5.10 Å². The molecule has 3 aromatic carbocycles. The number of hydrogen-bond donors (Lipinski definition) is 1. The number of para-hydroxylation sites is 1. The van der Waals surface area contributed by atoms with E-state index in [4.69, 9.17) is 4.74 Å². The fraction of sp³-hybridized carbons (Fsp3) is 0. The number of benzene rings is 3. The summed E-state index contributed by atoms with van der Waals surface area (Å²) in [6, 6.07) is 21.6. The second-order valence-electron chi connectivity index (χ2n) is 6.02. The van der Waals surface area contributed by atoms with Crippen LogP contribution in [0.5, 0.6) is 11.5 Å². The van der Waals surface area contributed by atoms with Gasteiger partial charge in [0.2, 0.25) is 5.13 Å². The van der Waals surface area contributed by atoms with Crippen molar-refractivity contribution in [3.8, 4) is 22.8 Å². The maximum absolute atomic E-state index is 14.0. The molecule has 7 heteroatoms. The molecule has 4 rings (SSSR count). The van der Waals surface area contributed by atoms with Crippen molar-refractivity contribution in [2.75, 3.05) is 5.43 Å². The number of halogens is 2. The predicted octanol–water partition coefficient (Wildman–Crippen LogP) is 6.95. The van der Waals surface area contributed by atoms with E-state index in [1.54, 1.807) is 30.5 Å². The first kappa shape index (κ1) is 19.3. The summed E-state index contributed by atoms with van der Waals surface area (Å²) >= 11 is 4.88. The molecule has 144 valence electrons. The summed E-state index contributed by atoms with van der Waals surface area (Å²) in [6.45, 7) is 0. The zero-order chi connectivity index (χ0) is 20.1. The monoisotopic (exact) mass is 467 g/mol. The van der Waals surface area contributed by atoms with E-state index in [9.17, 15) is 4.39 Å². The molecule has 1 N–H and O–H groups in total. The van der Waals surface area contributed by atoms with Crippen LogP contribution in [0.4, 0.5) is 9.52 Å². The van der Waals surface area contributed by atoms with Gasteiger partial charge in [-0.25, -0.2) is 9.37 Å². The van der Waals surface area contributed by atoms with Crippen molar-refractivity contribution in [1.29, 1.82) is 0 Å². The number of ether oxygens (including phenoxy) is 1. The molecule has 0 bridgehead atoms. The van der Waals surface area contributed by atoms with Gasteiger partial charge in [-0.2, -0.15) is 5.10 Å². The SMILES string of the molecule is Fc1ccc(/C=N\Nc2nc(-c3ccc(Br)cc3)cs2)cc1Oc1ccccc1. The molecule has 0 fully saturated rings. The van der Waals surface area contributed by atoms with Gasteiger partial charge in [0.05, 0.1) is 11.9 Å². The van der Waals surface area contributed by atoms with Crippen molar-refractivity contribution in [1.82, 2.24) is 4.98 Å². The summed E-state index contributed by atoms with van der Waals surface area (Å²) < 4.78 is 20.7. The minimum absolute atomic E-state index is 0.145. The van der Waals surface area contributed by atoms with Gasteiger partial charge in [0.15, 0.2) is 11.6 Å². The molecule has 0 atom stereocenters. The van der Waals surface area contributed by atoms with Gasteiger partial charge >= 0.3 is 0 Å². The molecule has 29 heavy (non-hydrogen) atoms. The average molecular weight is 468 g/mol. The van der Waals surface area contributed by atoms with Crippen LogP contribution in [0.25, 0.3) is 11.3 Å². The number of rotatable bonds is 6. The molecule has 4 aromatic rings. The highest BCUT2D eigenvalue weighted by atomic mass is 79.9. The van der Waals surface area contributed by atoms with Gasteiger partial charge in [-0.15, -0.1) is 11.3 Å². The molecule has 0 amide bonds. The van der Waals surface area contributed by atoms with Gasteiger partial charge in [0.1, 0.15) is 5.75 Å². The fourth-order valence-corrected chi connectivity index (χ4v) is 3.47. The number of hydrogen-bond acceptors (Lipinski definition) is 5. The minimum atomic E-state index is -0.432. The van der Waals surface area contributed by atoms with E-state index in [2.05, 4.69) is 31.4 Å². The Bertz CT molecular complexity index is 1130. The van der Waals surface area contributed by atoms with Gasteiger partial charge in [-0.05, 0) is 42.0 Å². The summed E-state index contributed by atoms with van der Waals surface area (Å²) in [5.41, 5.74) is 5.52. The lowest BCUT2D eigenvalue weighted by Gasteiger charge is -2.07. The molecular formula is C22H15BrFN3OS. The Hall–Kier alpha value is -3.03. The molecule has 0 unspecified atom stereocenters. The Morgan fingerprint density at radius 1 is 1.03 bits per heavy atom. The highest BCUT2D eigenvalue weighted by Crippen LogP contribution is 2.27. The summed E-state index contributed by atoms with van der Waals surface area (Å²) in [4.78, 5) is 4.52. The third-order valence-electron chi connectivity index (χ3n) is 3.94. The Morgan fingerprint density at radius 2 is 1.83 bits per heavy atom. The second-order valence-corrected chi connectivity index (χ2v) is 7.79. The van der Waals surface area contributed by atoms with Gasteiger partial charge in [-0.1, -0.05) is 52.3 Å². The Kier molecular flexibility index (Phi) is 5.97. The Labute approximate surface area is 179 Å². The first-order valence-corrected chi connectivity index (χ1v) is 10.4. The molecule has 1 heterocycles.